The van der Waals surface area contributed by atoms with Crippen LogP contribution in [0.25, 0.3) is 11.3 Å². The molecule has 0 saturated carbocycles. The van der Waals surface area contributed by atoms with Gasteiger partial charge >= 0.3 is 6.03 Å². The van der Waals surface area contributed by atoms with Crippen LogP contribution in [0.4, 0.5) is 10.5 Å². The minimum Gasteiger partial charge on any atom is -0.359 e. The first kappa shape index (κ1) is 24.2. The number of aromatic nitrogens is 1. The number of hydrogen-bond acceptors (Lipinski definition) is 4. The van der Waals surface area contributed by atoms with E-state index in [0.29, 0.717) is 63.7 Å². The summed E-state index contributed by atoms with van der Waals surface area (Å²) in [7, 11) is 1.70. The number of benzene rings is 1. The lowest BCUT2D eigenvalue weighted by Crippen LogP contribution is -2.47. The molecule has 1 fully saturated rings. The first-order valence-electron chi connectivity index (χ1n) is 10.6. The summed E-state index contributed by atoms with van der Waals surface area (Å²) in [5, 5.41) is 8.12. The van der Waals surface area contributed by atoms with E-state index in [9.17, 15) is 9.59 Å². The number of nitrogens with one attached hydrogen (secondary N) is 1. The monoisotopic (exact) mass is 518 g/mol. The summed E-state index contributed by atoms with van der Waals surface area (Å²) < 4.78 is 5.32. The van der Waals surface area contributed by atoms with Gasteiger partial charge in [-0.05, 0) is 50.1 Å². The Bertz CT molecular complexity index is 1190. The number of halogens is 3. The molecule has 176 valence electrons. The van der Waals surface area contributed by atoms with Crippen molar-refractivity contribution >= 4 is 52.4 Å². The van der Waals surface area contributed by atoms with Crippen LogP contribution in [0.1, 0.15) is 24.2 Å². The van der Waals surface area contributed by atoms with Crippen molar-refractivity contribution in [2.75, 3.05) is 18.9 Å². The Balaban J connectivity index is 1.51. The molecule has 34 heavy (non-hydrogen) atoms. The van der Waals surface area contributed by atoms with Gasteiger partial charge < -0.3 is 19.6 Å². The Kier molecular flexibility index (Phi) is 7.22. The Morgan fingerprint density at radius 2 is 1.94 bits per heavy atom. The molecule has 1 aliphatic rings. The number of aryl methyl sites for hydroxylation is 1. The summed E-state index contributed by atoms with van der Waals surface area (Å²) in [6.45, 7) is 2.46. The normalized spacial score (nSPS) is 15.2. The molecule has 0 aliphatic carbocycles. The molecule has 0 spiro atoms. The smallest absolute Gasteiger partial charge is 0.322 e. The van der Waals surface area contributed by atoms with E-state index in [0.717, 1.165) is 5.56 Å². The van der Waals surface area contributed by atoms with Crippen molar-refractivity contribution in [3.05, 3.63) is 68.9 Å². The Morgan fingerprint density at radius 3 is 2.62 bits per heavy atom. The summed E-state index contributed by atoms with van der Waals surface area (Å²) in [6, 6.07) is 13.3. The van der Waals surface area contributed by atoms with E-state index in [-0.39, 0.29) is 5.91 Å². The van der Waals surface area contributed by atoms with E-state index in [1.54, 1.807) is 49.2 Å². The minimum absolute atomic E-state index is 0.160. The van der Waals surface area contributed by atoms with Crippen LogP contribution in [-0.2, 0) is 11.3 Å². The molecular weight excluding hydrogens is 499 g/mol. The zero-order valence-corrected chi connectivity index (χ0v) is 20.8. The van der Waals surface area contributed by atoms with Crippen molar-refractivity contribution in [1.29, 1.82) is 0 Å². The second-order valence-electron chi connectivity index (χ2n) is 7.99. The van der Waals surface area contributed by atoms with Gasteiger partial charge in [-0.2, -0.15) is 0 Å². The zero-order valence-electron chi connectivity index (χ0n) is 18.5. The maximum atomic E-state index is 13.2. The number of hydrogen-bond donors (Lipinski definition) is 1. The predicted octanol–water partition coefficient (Wildman–Crippen LogP) is 5.87. The van der Waals surface area contributed by atoms with Crippen molar-refractivity contribution in [2.24, 2.45) is 0 Å². The van der Waals surface area contributed by atoms with Crippen LogP contribution < -0.4 is 5.32 Å². The number of likely N-dealkylation sites (tertiary alicyclic amines) is 1. The van der Waals surface area contributed by atoms with E-state index in [4.69, 9.17) is 39.3 Å². The summed E-state index contributed by atoms with van der Waals surface area (Å²) in [6.07, 6.45) is 1.28. The second-order valence-corrected chi connectivity index (χ2v) is 9.21. The van der Waals surface area contributed by atoms with Crippen molar-refractivity contribution in [3.8, 4) is 11.3 Å². The van der Waals surface area contributed by atoms with E-state index in [1.807, 2.05) is 0 Å². The summed E-state index contributed by atoms with van der Waals surface area (Å²) in [5.74, 6) is 0.237. The second kappa shape index (κ2) is 10.1. The van der Waals surface area contributed by atoms with Crippen molar-refractivity contribution in [3.63, 3.8) is 0 Å². The topological polar surface area (TPSA) is 78.7 Å². The van der Waals surface area contributed by atoms with E-state index in [2.05, 4.69) is 22.6 Å². The fourth-order valence-electron chi connectivity index (χ4n) is 3.94. The standard InChI is InChI=1S/C24H21Cl3N4O3/c1-14-21(22(29-34-14)20-17(26)5-3-6-18(20)27)28-24(33)31-12-4-7-19(31)23(32)30(2)13-15-8-10-16(25)11-9-15/h3,5-6,8,10,19H,4,7,12-13H2,1-2H3,(H,28,33)/t19-/m1/s1. The van der Waals surface area contributed by atoms with Crippen LogP contribution in [0.5, 0.6) is 0 Å². The van der Waals surface area contributed by atoms with Crippen LogP contribution in [0.3, 0.4) is 0 Å². The fourth-order valence-corrected chi connectivity index (χ4v) is 4.62. The average Bonchev–Trinajstić information content (AvgIpc) is 3.43. The van der Waals surface area contributed by atoms with Gasteiger partial charge in [0.25, 0.3) is 0 Å². The summed E-state index contributed by atoms with van der Waals surface area (Å²) in [4.78, 5) is 29.5. The first-order valence-corrected chi connectivity index (χ1v) is 11.7. The number of nitrogens with zero attached hydrogens (tertiary/aromatic N) is 3. The van der Waals surface area contributed by atoms with E-state index >= 15 is 0 Å². The van der Waals surface area contributed by atoms with Gasteiger partial charge in [0.15, 0.2) is 5.76 Å². The van der Waals surface area contributed by atoms with E-state index in [1.165, 1.54) is 4.90 Å². The third-order valence-corrected chi connectivity index (χ3v) is 6.50. The van der Waals surface area contributed by atoms with Gasteiger partial charge in [0.2, 0.25) is 5.91 Å². The first-order chi connectivity index (χ1) is 16.3. The highest BCUT2D eigenvalue weighted by molar-refractivity contribution is 6.39. The minimum atomic E-state index is -0.589. The molecule has 1 saturated heterocycles. The molecule has 4 rings (SSSR count). The van der Waals surface area contributed by atoms with Crippen molar-refractivity contribution in [2.45, 2.75) is 32.4 Å². The number of carbonyl (C=O) groups excluding carboxylic acids is 2. The molecule has 1 aliphatic heterocycles. The van der Waals surface area contributed by atoms with Gasteiger partial charge in [-0.15, -0.1) is 0 Å². The van der Waals surface area contributed by atoms with Gasteiger partial charge in [-0.3, -0.25) is 4.79 Å². The third-order valence-electron chi connectivity index (χ3n) is 5.65. The van der Waals surface area contributed by atoms with Crippen LogP contribution in [0.15, 0.2) is 34.9 Å². The highest BCUT2D eigenvalue weighted by atomic mass is 35.5. The molecule has 0 bridgehead atoms. The number of anilines is 1. The highest BCUT2D eigenvalue weighted by Crippen LogP contribution is 2.39. The average molecular weight is 520 g/mol. The van der Waals surface area contributed by atoms with Gasteiger partial charge in [0, 0.05) is 24.7 Å². The largest absolute Gasteiger partial charge is 0.359 e. The Morgan fingerprint density at radius 1 is 1.21 bits per heavy atom. The quantitative estimate of drug-likeness (QED) is 0.457. The van der Waals surface area contributed by atoms with Gasteiger partial charge in [0.05, 0.1) is 21.6 Å². The molecule has 1 atom stereocenters. The molecule has 2 heterocycles. The van der Waals surface area contributed by atoms with Crippen LogP contribution in [0, 0.1) is 19.1 Å². The van der Waals surface area contributed by atoms with E-state index < -0.39 is 12.1 Å². The van der Waals surface area contributed by atoms with Crippen molar-refractivity contribution < 1.29 is 14.1 Å². The highest BCUT2D eigenvalue weighted by Gasteiger charge is 2.36. The van der Waals surface area contributed by atoms with Gasteiger partial charge in [-0.25, -0.2) is 4.79 Å². The molecule has 1 aromatic heterocycles. The molecule has 0 radical (unpaired) electrons. The number of rotatable bonds is 5. The molecule has 2 aromatic carbocycles. The van der Waals surface area contributed by atoms with Crippen molar-refractivity contribution in [1.82, 2.24) is 15.0 Å². The number of amides is 3. The lowest BCUT2D eigenvalue weighted by Gasteiger charge is -2.28. The predicted molar refractivity (Wildman–Crippen MR) is 131 cm³/mol. The molecule has 7 nitrogen and oxygen atoms in total. The molecule has 10 heteroatoms. The third kappa shape index (κ3) is 4.95. The maximum Gasteiger partial charge on any atom is 0.322 e. The maximum absolute atomic E-state index is 13.2. The fraction of sp³-hybridized carbons (Fsp3) is 0.292. The van der Waals surface area contributed by atoms with Crippen LogP contribution in [0.2, 0.25) is 15.1 Å². The van der Waals surface area contributed by atoms with Gasteiger partial charge in [0.1, 0.15) is 17.4 Å². The lowest BCUT2D eigenvalue weighted by molar-refractivity contribution is -0.134. The molecule has 1 N–H and O–H groups in total. The Hall–Kier alpha value is -2.92. The summed E-state index contributed by atoms with van der Waals surface area (Å²) >= 11 is 18.5. The molecule has 3 aromatic rings. The number of urea groups is 1. The SMILES string of the molecule is Cc1onc(-c2c(Cl)cccc2Cl)c1NC(=O)N1CCC[C@@H]1C(=O)N(C)Cc1c#cc(Cl)cc1. The van der Waals surface area contributed by atoms with Gasteiger partial charge in [-0.1, -0.05) is 52.1 Å². The molecule has 0 unspecified atom stereocenters. The van der Waals surface area contributed by atoms with Crippen LogP contribution >= 0.6 is 34.8 Å². The number of likely N-dealkylation sites (N-methyl/N-ethyl adjacent to an activating group) is 1. The number of carbonyl (C=O) groups is 2. The molecular formula is C24H21Cl3N4O3. The van der Waals surface area contributed by atoms with Crippen LogP contribution in [-0.4, -0.2) is 46.5 Å². The lowest BCUT2D eigenvalue weighted by atomic mass is 10.1. The Labute approximate surface area is 212 Å². The molecule has 3 amide bonds. The zero-order chi connectivity index (χ0) is 24.4. The summed E-state index contributed by atoms with van der Waals surface area (Å²) in [5.41, 5.74) is 1.92.